The number of fused-ring (bicyclic) bond motifs is 12. The van der Waals surface area contributed by atoms with Gasteiger partial charge in [-0.25, -0.2) is 44.9 Å². The van der Waals surface area contributed by atoms with Gasteiger partial charge >= 0.3 is 0 Å². The molecule has 27 rings (SSSR count). The fraction of sp³-hybridized carbons (Fsp3) is 0. The normalized spacial score (nSPS) is 11.3. The average Bonchev–Trinajstić information content (AvgIpc) is 0.739. The van der Waals surface area contributed by atoms with Gasteiger partial charge in [0.25, 0.3) is 0 Å². The van der Waals surface area contributed by atoms with Crippen molar-refractivity contribution in [3.05, 3.63) is 511 Å². The van der Waals surface area contributed by atoms with Gasteiger partial charge in [0.2, 0.25) is 0 Å². The Morgan fingerprint density at radius 2 is 0.459 bits per heavy atom. The molecule has 146 heavy (non-hydrogen) atoms. The van der Waals surface area contributed by atoms with Gasteiger partial charge in [0.05, 0.1) is 78.8 Å². The molecule has 0 atom stereocenters. The number of pyridine rings is 11. The Balaban J connectivity index is 0.000000114. The summed E-state index contributed by atoms with van der Waals surface area (Å²) in [6, 6.07) is 159. The second-order valence-corrected chi connectivity index (χ2v) is 35.7. The molecule has 682 valence electrons. The van der Waals surface area contributed by atoms with Gasteiger partial charge in [-0.3, -0.25) is 24.9 Å². The van der Waals surface area contributed by atoms with Crippen LogP contribution in [-0.4, -0.2) is 69.8 Å². The molecule has 27 aromatic rings. The van der Waals surface area contributed by atoms with Crippen LogP contribution in [0.2, 0.25) is 0 Å². The standard InChI is InChI=1S/2C45H29N5.C42H26N4/c1-4-12-32(13-5-1)41-38-20-10-18-36(31-26-28-46-29-27-31)40(38)39-21-11-19-37(42(39)47-41)30-22-24-35(25-23-30)45-49-43(33-14-6-2-7-15-33)48-44(50-45)34-16-8-3-9-17-34;1-2-11-32(12-3-1)44-37-16-8-14-35(33-13-10-24-46-29-33)43(37)38-17-9-15-36(45(38)50-44)31-22-20-30(21-23-31)34-27-41(39-18-4-6-25-47-39)49-42(28-34)40-19-5-7-26-48-40;1-3-10-27(11-4-1)36-23-21-29-19-20-30-22-24-37(45-41(30)40(29)44-36)33-16-8-18-35-38-32(31-14-9-25-43-26-31)15-7-17-34(38)39(46-42(33)35)28-12-5-2-6-13-28/h2*1-29H;1-26H. The Morgan fingerprint density at radius 1 is 0.137 bits per heavy atom. The summed E-state index contributed by atoms with van der Waals surface area (Å²) in [5.74, 6) is 1.91. The van der Waals surface area contributed by atoms with Crippen LogP contribution in [-0.2, 0) is 0 Å². The minimum absolute atomic E-state index is 0.625. The van der Waals surface area contributed by atoms with Crippen LogP contribution in [0.5, 0.6) is 0 Å². The first-order valence-electron chi connectivity index (χ1n) is 48.6. The summed E-state index contributed by atoms with van der Waals surface area (Å²) in [4.78, 5) is 68.7. The fourth-order valence-electron chi connectivity index (χ4n) is 19.9. The topological polar surface area (TPSA) is 180 Å². The molecular weight excluding hydrogens is 1780 g/mol. The highest BCUT2D eigenvalue weighted by atomic mass is 15.0. The third-order valence-corrected chi connectivity index (χ3v) is 26.9. The van der Waals surface area contributed by atoms with Crippen LogP contribution in [0.15, 0.2) is 511 Å². The van der Waals surface area contributed by atoms with Crippen LogP contribution in [0.1, 0.15) is 0 Å². The van der Waals surface area contributed by atoms with E-state index in [4.69, 9.17) is 44.9 Å². The Labute approximate surface area is 841 Å². The predicted molar refractivity (Wildman–Crippen MR) is 595 cm³/mol. The quantitative estimate of drug-likeness (QED) is 0.0834. The highest BCUT2D eigenvalue weighted by Gasteiger charge is 2.25. The molecular formula is C132H84N14. The zero-order chi connectivity index (χ0) is 97.0. The van der Waals surface area contributed by atoms with Crippen molar-refractivity contribution >= 4 is 86.8 Å². The maximum atomic E-state index is 5.42. The Bertz CT molecular complexity index is 9050. The van der Waals surface area contributed by atoms with Crippen LogP contribution < -0.4 is 0 Å². The lowest BCUT2D eigenvalue weighted by molar-refractivity contribution is 1.07. The van der Waals surface area contributed by atoms with Crippen LogP contribution >= 0.6 is 0 Å². The molecule has 15 aromatic carbocycles. The van der Waals surface area contributed by atoms with Crippen LogP contribution in [0.4, 0.5) is 0 Å². The van der Waals surface area contributed by atoms with Gasteiger partial charge in [-0.05, 0) is 117 Å². The molecule has 0 spiro atoms. The summed E-state index contributed by atoms with van der Waals surface area (Å²) in [6.45, 7) is 0. The number of hydrogen-bond donors (Lipinski definition) is 0. The monoisotopic (exact) mass is 1860 g/mol. The lowest BCUT2D eigenvalue weighted by atomic mass is 9.91. The van der Waals surface area contributed by atoms with Crippen LogP contribution in [0.25, 0.3) is 267 Å². The number of hydrogen-bond acceptors (Lipinski definition) is 14. The summed E-state index contributed by atoms with van der Waals surface area (Å²) >= 11 is 0. The van der Waals surface area contributed by atoms with E-state index in [0.717, 1.165) is 239 Å². The molecule has 0 amide bonds. The lowest BCUT2D eigenvalue weighted by Crippen LogP contribution is -2.00. The summed E-state index contributed by atoms with van der Waals surface area (Å²) in [6.07, 6.45) is 14.8. The van der Waals surface area contributed by atoms with E-state index >= 15 is 0 Å². The molecule has 0 saturated carbocycles. The molecule has 14 heteroatoms. The zero-order valence-electron chi connectivity index (χ0n) is 78.8. The summed E-state index contributed by atoms with van der Waals surface area (Å²) in [5.41, 5.74) is 33.7. The fourth-order valence-corrected chi connectivity index (χ4v) is 19.9. The van der Waals surface area contributed by atoms with E-state index in [1.165, 1.54) is 10.8 Å². The molecule has 0 bridgehead atoms. The highest BCUT2D eigenvalue weighted by Crippen LogP contribution is 2.47. The first-order valence-corrected chi connectivity index (χ1v) is 48.6. The second-order valence-electron chi connectivity index (χ2n) is 35.7. The lowest BCUT2D eigenvalue weighted by Gasteiger charge is -2.16. The number of benzene rings is 15. The predicted octanol–water partition coefficient (Wildman–Crippen LogP) is 32.5. The van der Waals surface area contributed by atoms with E-state index in [0.29, 0.717) is 17.5 Å². The summed E-state index contributed by atoms with van der Waals surface area (Å²) in [7, 11) is 0. The van der Waals surface area contributed by atoms with Gasteiger partial charge in [-0.2, -0.15) is 0 Å². The smallest absolute Gasteiger partial charge is 0.164 e. The minimum Gasteiger partial charge on any atom is -0.265 e. The van der Waals surface area contributed by atoms with E-state index < -0.39 is 0 Å². The maximum absolute atomic E-state index is 5.42. The van der Waals surface area contributed by atoms with E-state index in [-0.39, 0.29) is 0 Å². The van der Waals surface area contributed by atoms with Crippen molar-refractivity contribution in [2.45, 2.75) is 0 Å². The van der Waals surface area contributed by atoms with Crippen molar-refractivity contribution in [2.75, 3.05) is 0 Å². The Morgan fingerprint density at radius 3 is 0.863 bits per heavy atom. The number of aromatic nitrogens is 14. The molecule has 0 unspecified atom stereocenters. The average molecular weight is 1870 g/mol. The van der Waals surface area contributed by atoms with Crippen molar-refractivity contribution in [2.24, 2.45) is 0 Å². The van der Waals surface area contributed by atoms with Gasteiger partial charge < -0.3 is 0 Å². The van der Waals surface area contributed by atoms with Crippen LogP contribution in [0.3, 0.4) is 0 Å². The third-order valence-electron chi connectivity index (χ3n) is 26.9. The van der Waals surface area contributed by atoms with Gasteiger partial charge in [0.1, 0.15) is 0 Å². The largest absolute Gasteiger partial charge is 0.265 e. The van der Waals surface area contributed by atoms with Gasteiger partial charge in [0.15, 0.2) is 17.5 Å². The SMILES string of the molecule is c1ccc(-c2ccc3ccc4ccc(-c5cccc6c5nc(-c5ccccc5)c5cccc(-c7cccnc7)c56)nc4c3n2)cc1.c1ccc(-c2nc(-c3ccccc3)nc(-c3ccc(-c4cccc5c4nc(-c4ccccc4)c4cccc(-c6ccncc6)c45)cc3)n2)cc1.c1ccc(-c2nc3c(-c4ccc(-c5cc(-c6ccccn6)nc(-c6ccccn6)c5)cc4)cccc3c3c(-c4cccnc4)cccc23)cc1. The van der Waals surface area contributed by atoms with Gasteiger partial charge in [-0.1, -0.05) is 388 Å². The van der Waals surface area contributed by atoms with E-state index in [1.807, 2.05) is 183 Å². The van der Waals surface area contributed by atoms with Gasteiger partial charge in [-0.15, -0.1) is 0 Å². The van der Waals surface area contributed by atoms with Crippen molar-refractivity contribution in [1.82, 2.24) is 69.8 Å². The molecule has 0 fully saturated rings. The highest BCUT2D eigenvalue weighted by molar-refractivity contribution is 6.23. The van der Waals surface area contributed by atoms with Crippen molar-refractivity contribution in [1.29, 1.82) is 0 Å². The van der Waals surface area contributed by atoms with E-state index in [2.05, 4.69) is 340 Å². The number of nitrogens with zero attached hydrogens (tertiary/aromatic N) is 14. The van der Waals surface area contributed by atoms with Gasteiger partial charge in [0, 0.05) is 176 Å². The van der Waals surface area contributed by atoms with Crippen LogP contribution in [0, 0.1) is 0 Å². The number of rotatable bonds is 16. The van der Waals surface area contributed by atoms with Crippen molar-refractivity contribution < 1.29 is 0 Å². The maximum Gasteiger partial charge on any atom is 0.164 e. The summed E-state index contributed by atoms with van der Waals surface area (Å²) < 4.78 is 0. The molecule has 0 radical (unpaired) electrons. The minimum atomic E-state index is 0.625. The zero-order valence-corrected chi connectivity index (χ0v) is 78.8. The summed E-state index contributed by atoms with van der Waals surface area (Å²) in [5, 5.41) is 12.2. The molecule has 14 nitrogen and oxygen atoms in total. The molecule has 0 N–H and O–H groups in total. The second kappa shape index (κ2) is 39.0. The molecule has 0 aliphatic carbocycles. The molecule has 12 heterocycles. The first kappa shape index (κ1) is 87.5. The third kappa shape index (κ3) is 17.1. The van der Waals surface area contributed by atoms with Crippen molar-refractivity contribution in [3.8, 4) is 180 Å². The molecule has 12 aromatic heterocycles. The number of para-hydroxylation sites is 3. The van der Waals surface area contributed by atoms with E-state index in [9.17, 15) is 0 Å². The first-order chi connectivity index (χ1) is 72.4. The van der Waals surface area contributed by atoms with Crippen molar-refractivity contribution in [3.63, 3.8) is 0 Å². The molecule has 0 aliphatic rings. The Kier molecular flexibility index (Phi) is 23.4. The molecule has 0 saturated heterocycles. The Hall–Kier alpha value is -20.0. The van der Waals surface area contributed by atoms with E-state index in [1.54, 1.807) is 12.4 Å². The molecule has 0 aliphatic heterocycles.